The highest BCUT2D eigenvalue weighted by molar-refractivity contribution is 7.22. The molecule has 4 heterocycles. The van der Waals surface area contributed by atoms with Gasteiger partial charge >= 0.3 is 0 Å². The summed E-state index contributed by atoms with van der Waals surface area (Å²) in [6, 6.07) is 9.64. The SMILES string of the molecule is Cc1nc2ncc3c(=O)n(Nc4nc5ccccc5s4)ccc3n2n1. The van der Waals surface area contributed by atoms with Crippen LogP contribution in [0.1, 0.15) is 5.82 Å². The maximum atomic E-state index is 12.8. The smallest absolute Gasteiger partial charge is 0.267 e. The van der Waals surface area contributed by atoms with Crippen LogP contribution in [-0.4, -0.2) is 29.2 Å². The molecule has 1 aromatic carbocycles. The minimum absolute atomic E-state index is 0.223. The first-order chi connectivity index (χ1) is 12.2. The third-order valence-corrected chi connectivity index (χ3v) is 4.79. The molecule has 8 nitrogen and oxygen atoms in total. The zero-order valence-electron chi connectivity index (χ0n) is 13.0. The number of benzene rings is 1. The number of hydrogen-bond donors (Lipinski definition) is 1. The van der Waals surface area contributed by atoms with Crippen molar-refractivity contribution in [3.05, 3.63) is 58.9 Å². The summed E-state index contributed by atoms with van der Waals surface area (Å²) < 4.78 is 4.03. The van der Waals surface area contributed by atoms with Gasteiger partial charge in [-0.2, -0.15) is 9.50 Å². The number of fused-ring (bicyclic) bond motifs is 4. The molecule has 0 radical (unpaired) electrons. The number of pyridine rings is 1. The van der Waals surface area contributed by atoms with Gasteiger partial charge in [0.15, 0.2) is 0 Å². The maximum absolute atomic E-state index is 12.8. The number of rotatable bonds is 2. The number of aryl methyl sites for hydroxylation is 1. The zero-order valence-corrected chi connectivity index (χ0v) is 13.9. The van der Waals surface area contributed by atoms with Gasteiger partial charge in [0.1, 0.15) is 5.82 Å². The van der Waals surface area contributed by atoms with Crippen molar-refractivity contribution in [3.8, 4) is 0 Å². The first-order valence-corrected chi connectivity index (χ1v) is 8.37. The summed E-state index contributed by atoms with van der Waals surface area (Å²) in [5.41, 5.74) is 4.38. The van der Waals surface area contributed by atoms with Crippen molar-refractivity contribution in [2.24, 2.45) is 0 Å². The lowest BCUT2D eigenvalue weighted by molar-refractivity contribution is 0.895. The van der Waals surface area contributed by atoms with Gasteiger partial charge in [0.2, 0.25) is 5.13 Å². The molecule has 0 spiro atoms. The standard InChI is InChI=1S/C16H11N7OS/c1-9-18-15-17-8-10-12(23(15)20-9)6-7-22(14(10)24)21-16-19-11-4-2-3-5-13(11)25-16/h2-8H,1H3,(H,19,21). The Morgan fingerprint density at radius 3 is 2.92 bits per heavy atom. The van der Waals surface area contributed by atoms with Crippen molar-refractivity contribution >= 4 is 43.4 Å². The topological polar surface area (TPSA) is 90.0 Å². The summed E-state index contributed by atoms with van der Waals surface area (Å²) in [5.74, 6) is 1.08. The van der Waals surface area contributed by atoms with E-state index < -0.39 is 0 Å². The number of nitrogens with one attached hydrogen (secondary N) is 1. The number of para-hydroxylation sites is 1. The molecular weight excluding hydrogens is 338 g/mol. The average molecular weight is 349 g/mol. The van der Waals surface area contributed by atoms with Gasteiger partial charge in [-0.1, -0.05) is 23.5 Å². The fourth-order valence-corrected chi connectivity index (χ4v) is 3.59. The van der Waals surface area contributed by atoms with E-state index in [9.17, 15) is 4.79 Å². The third-order valence-electron chi connectivity index (χ3n) is 3.85. The number of anilines is 1. The normalized spacial score (nSPS) is 11.6. The Balaban J connectivity index is 1.65. The van der Waals surface area contributed by atoms with Gasteiger partial charge in [0, 0.05) is 12.4 Å². The summed E-state index contributed by atoms with van der Waals surface area (Å²) in [7, 11) is 0. The van der Waals surface area contributed by atoms with E-state index in [2.05, 4.69) is 25.5 Å². The molecule has 25 heavy (non-hydrogen) atoms. The van der Waals surface area contributed by atoms with Gasteiger partial charge in [0.05, 0.1) is 21.1 Å². The second kappa shape index (κ2) is 5.08. The number of hydrogen-bond acceptors (Lipinski definition) is 7. The Kier molecular flexibility index (Phi) is 2.86. The van der Waals surface area contributed by atoms with Crippen molar-refractivity contribution in [1.29, 1.82) is 0 Å². The van der Waals surface area contributed by atoms with Crippen LogP contribution in [0.3, 0.4) is 0 Å². The Hall–Kier alpha value is -3.33. The highest BCUT2D eigenvalue weighted by Gasteiger charge is 2.11. The molecule has 1 N–H and O–H groups in total. The molecule has 0 amide bonds. The molecular formula is C16H11N7OS. The fourth-order valence-electron chi connectivity index (χ4n) is 2.73. The predicted molar refractivity (Wildman–Crippen MR) is 95.9 cm³/mol. The molecule has 5 aromatic rings. The Bertz CT molecular complexity index is 1280. The van der Waals surface area contributed by atoms with Gasteiger partial charge in [-0.15, -0.1) is 5.10 Å². The van der Waals surface area contributed by atoms with Gasteiger partial charge in [-0.3, -0.25) is 10.2 Å². The first-order valence-electron chi connectivity index (χ1n) is 7.55. The van der Waals surface area contributed by atoms with Gasteiger partial charge < -0.3 is 0 Å². The molecule has 0 saturated heterocycles. The molecule has 0 saturated carbocycles. The molecule has 122 valence electrons. The summed E-state index contributed by atoms with van der Waals surface area (Å²) in [6.45, 7) is 1.79. The third kappa shape index (κ3) is 2.17. The number of nitrogens with zero attached hydrogens (tertiary/aromatic N) is 6. The molecule has 0 aliphatic carbocycles. The molecule has 4 aromatic heterocycles. The van der Waals surface area contributed by atoms with Crippen LogP contribution in [0.5, 0.6) is 0 Å². The van der Waals surface area contributed by atoms with E-state index in [1.807, 2.05) is 24.3 Å². The lowest BCUT2D eigenvalue weighted by Crippen LogP contribution is -2.26. The van der Waals surface area contributed by atoms with Crippen LogP contribution in [-0.2, 0) is 0 Å². The molecule has 5 rings (SSSR count). The Morgan fingerprint density at radius 1 is 1.16 bits per heavy atom. The first kappa shape index (κ1) is 14.1. The molecule has 9 heteroatoms. The van der Waals surface area contributed by atoms with Crippen LogP contribution in [0.4, 0.5) is 5.13 Å². The Morgan fingerprint density at radius 2 is 2.04 bits per heavy atom. The summed E-state index contributed by atoms with van der Waals surface area (Å²) in [4.78, 5) is 25.7. The highest BCUT2D eigenvalue weighted by Crippen LogP contribution is 2.25. The lowest BCUT2D eigenvalue weighted by Gasteiger charge is -2.07. The quantitative estimate of drug-likeness (QED) is 0.526. The highest BCUT2D eigenvalue weighted by atomic mass is 32.1. The number of thiazole rings is 1. The van der Waals surface area contributed by atoms with E-state index in [0.29, 0.717) is 27.6 Å². The van der Waals surface area contributed by atoms with Crippen LogP contribution in [0.15, 0.2) is 47.5 Å². The minimum atomic E-state index is -0.223. The number of aromatic nitrogens is 6. The van der Waals surface area contributed by atoms with Gasteiger partial charge in [-0.05, 0) is 25.1 Å². The second-order valence-corrected chi connectivity index (χ2v) is 6.55. The van der Waals surface area contributed by atoms with E-state index in [1.165, 1.54) is 22.2 Å². The summed E-state index contributed by atoms with van der Waals surface area (Å²) in [6.07, 6.45) is 3.19. The fraction of sp³-hybridized carbons (Fsp3) is 0.0625. The summed E-state index contributed by atoms with van der Waals surface area (Å²) in [5, 5.41) is 5.39. The minimum Gasteiger partial charge on any atom is -0.267 e. The maximum Gasteiger partial charge on any atom is 0.280 e. The zero-order chi connectivity index (χ0) is 17.0. The molecule has 0 unspecified atom stereocenters. The molecule has 0 bridgehead atoms. The van der Waals surface area contributed by atoms with E-state index in [0.717, 1.165) is 10.2 Å². The Labute approximate surface area is 144 Å². The van der Waals surface area contributed by atoms with Crippen molar-refractivity contribution in [2.45, 2.75) is 6.92 Å². The van der Waals surface area contributed by atoms with Gasteiger partial charge in [0.25, 0.3) is 11.3 Å². The van der Waals surface area contributed by atoms with Crippen LogP contribution < -0.4 is 11.0 Å². The van der Waals surface area contributed by atoms with E-state index >= 15 is 0 Å². The molecule has 0 aliphatic heterocycles. The lowest BCUT2D eigenvalue weighted by atomic mass is 10.3. The van der Waals surface area contributed by atoms with Crippen molar-refractivity contribution in [1.82, 2.24) is 29.2 Å². The summed E-state index contributed by atoms with van der Waals surface area (Å²) >= 11 is 1.49. The van der Waals surface area contributed by atoms with Crippen LogP contribution in [0.2, 0.25) is 0 Å². The van der Waals surface area contributed by atoms with Crippen LogP contribution >= 0.6 is 11.3 Å². The largest absolute Gasteiger partial charge is 0.280 e. The van der Waals surface area contributed by atoms with Crippen LogP contribution in [0.25, 0.3) is 26.9 Å². The van der Waals surface area contributed by atoms with Crippen LogP contribution in [0, 0.1) is 6.92 Å². The average Bonchev–Trinajstić information content (AvgIpc) is 3.19. The predicted octanol–water partition coefficient (Wildman–Crippen LogP) is 2.23. The van der Waals surface area contributed by atoms with Crippen molar-refractivity contribution in [2.75, 3.05) is 5.43 Å². The van der Waals surface area contributed by atoms with Crippen molar-refractivity contribution in [3.63, 3.8) is 0 Å². The van der Waals surface area contributed by atoms with Gasteiger partial charge in [-0.25, -0.2) is 14.6 Å². The molecule has 0 atom stereocenters. The van der Waals surface area contributed by atoms with E-state index in [-0.39, 0.29) is 5.56 Å². The second-order valence-electron chi connectivity index (χ2n) is 5.52. The molecule has 0 aliphatic rings. The van der Waals surface area contributed by atoms with E-state index in [4.69, 9.17) is 0 Å². The van der Waals surface area contributed by atoms with Crippen molar-refractivity contribution < 1.29 is 0 Å². The molecule has 0 fully saturated rings. The monoisotopic (exact) mass is 349 g/mol. The van der Waals surface area contributed by atoms with E-state index in [1.54, 1.807) is 23.7 Å².